The summed E-state index contributed by atoms with van der Waals surface area (Å²) >= 11 is 0. The van der Waals surface area contributed by atoms with Gasteiger partial charge in [-0.25, -0.2) is 9.79 Å². The lowest BCUT2D eigenvalue weighted by Gasteiger charge is -2.30. The molecule has 3 aromatic rings. The monoisotopic (exact) mass is 385 g/mol. The topological polar surface area (TPSA) is 73.4 Å². The highest BCUT2D eigenvalue weighted by molar-refractivity contribution is 6.30. The number of hydrogen-bond donors (Lipinski definition) is 0. The van der Waals surface area contributed by atoms with Crippen LogP contribution in [0.2, 0.25) is 0 Å². The number of Topliss-reactive ketones (excluding diaryl/α,β-unsaturated/α-hetero) is 1. The highest BCUT2D eigenvalue weighted by Gasteiger charge is 2.47. The number of benzene rings is 2. The number of nitrogens with zero attached hydrogens (tertiary/aromatic N) is 3. The van der Waals surface area contributed by atoms with Gasteiger partial charge in [-0.15, -0.1) is 0 Å². The molecule has 0 bridgehead atoms. The Balaban J connectivity index is 1.92. The number of carbonyl (C=O) groups excluding carboxylic acids is 1. The van der Waals surface area contributed by atoms with E-state index in [1.807, 2.05) is 49.4 Å². The maximum atomic E-state index is 13.4. The van der Waals surface area contributed by atoms with Crippen molar-refractivity contribution < 1.29 is 4.79 Å². The predicted octanol–water partition coefficient (Wildman–Crippen LogP) is 2.47. The summed E-state index contributed by atoms with van der Waals surface area (Å²) in [4.78, 5) is 43.8. The van der Waals surface area contributed by atoms with E-state index >= 15 is 0 Å². The van der Waals surface area contributed by atoms with Crippen LogP contribution in [0.3, 0.4) is 0 Å². The first kappa shape index (κ1) is 17.6. The van der Waals surface area contributed by atoms with Crippen molar-refractivity contribution in [2.75, 3.05) is 0 Å². The van der Waals surface area contributed by atoms with Gasteiger partial charge in [0.1, 0.15) is 5.82 Å². The van der Waals surface area contributed by atoms with E-state index in [2.05, 4.69) is 0 Å². The maximum Gasteiger partial charge on any atom is 0.332 e. The molecule has 1 aliphatic heterocycles. The zero-order valence-corrected chi connectivity index (χ0v) is 16.3. The van der Waals surface area contributed by atoms with Gasteiger partial charge in [0.15, 0.2) is 5.78 Å². The van der Waals surface area contributed by atoms with Crippen molar-refractivity contribution in [3.05, 3.63) is 97.2 Å². The molecule has 0 saturated heterocycles. The first-order chi connectivity index (χ1) is 13.9. The third-order valence-corrected chi connectivity index (χ3v) is 5.98. The van der Waals surface area contributed by atoms with Crippen molar-refractivity contribution in [2.45, 2.75) is 12.8 Å². The van der Waals surface area contributed by atoms with Crippen molar-refractivity contribution in [3.8, 4) is 0 Å². The Kier molecular flexibility index (Phi) is 3.62. The Labute approximate surface area is 166 Å². The van der Waals surface area contributed by atoms with Crippen LogP contribution in [0.15, 0.2) is 63.1 Å². The molecule has 0 radical (unpaired) electrons. The van der Waals surface area contributed by atoms with E-state index in [9.17, 15) is 14.4 Å². The van der Waals surface area contributed by atoms with Crippen molar-refractivity contribution in [2.24, 2.45) is 25.0 Å². The van der Waals surface area contributed by atoms with Gasteiger partial charge in [-0.05, 0) is 12.5 Å². The van der Waals surface area contributed by atoms with E-state index in [0.717, 1.165) is 21.3 Å². The van der Waals surface area contributed by atoms with Gasteiger partial charge in [0.05, 0.1) is 17.2 Å². The second-order valence-electron chi connectivity index (χ2n) is 7.72. The summed E-state index contributed by atoms with van der Waals surface area (Å²) in [5.74, 6) is -0.775. The van der Waals surface area contributed by atoms with E-state index in [-0.39, 0.29) is 5.78 Å². The van der Waals surface area contributed by atoms with Crippen LogP contribution in [0.4, 0.5) is 5.82 Å². The fraction of sp³-hybridized carbons (Fsp3) is 0.217. The molecule has 0 fully saturated rings. The summed E-state index contributed by atoms with van der Waals surface area (Å²) in [6.45, 7) is 1.98. The van der Waals surface area contributed by atoms with E-state index in [1.165, 1.54) is 11.6 Å². The summed E-state index contributed by atoms with van der Waals surface area (Å²) < 4.78 is 2.49. The molecule has 1 aromatic heterocycles. The number of carbonyl (C=O) groups is 1. The molecule has 0 N–H and O–H groups in total. The largest absolute Gasteiger partial charge is 0.332 e. The van der Waals surface area contributed by atoms with Crippen LogP contribution in [0.5, 0.6) is 0 Å². The Morgan fingerprint density at radius 2 is 1.59 bits per heavy atom. The van der Waals surface area contributed by atoms with Crippen molar-refractivity contribution >= 4 is 17.3 Å². The second kappa shape index (κ2) is 5.98. The summed E-state index contributed by atoms with van der Waals surface area (Å²) in [5.41, 5.74) is 3.50. The van der Waals surface area contributed by atoms with Gasteiger partial charge in [-0.3, -0.25) is 18.7 Å². The molecular formula is C23H19N3O3. The second-order valence-corrected chi connectivity index (χ2v) is 7.72. The molecule has 144 valence electrons. The van der Waals surface area contributed by atoms with Gasteiger partial charge in [0.25, 0.3) is 5.56 Å². The lowest BCUT2D eigenvalue weighted by atomic mass is 9.76. The van der Waals surface area contributed by atoms with Gasteiger partial charge in [0.2, 0.25) is 0 Å². The molecule has 0 spiro atoms. The van der Waals surface area contributed by atoms with Crippen LogP contribution in [0.25, 0.3) is 0 Å². The highest BCUT2D eigenvalue weighted by Crippen LogP contribution is 2.46. The number of rotatable bonds is 1. The molecule has 2 atom stereocenters. The van der Waals surface area contributed by atoms with Gasteiger partial charge in [-0.2, -0.15) is 0 Å². The smallest absolute Gasteiger partial charge is 0.293 e. The first-order valence-corrected chi connectivity index (χ1v) is 9.49. The third-order valence-electron chi connectivity index (χ3n) is 5.98. The lowest BCUT2D eigenvalue weighted by Crippen LogP contribution is -2.43. The van der Waals surface area contributed by atoms with E-state index in [0.29, 0.717) is 22.7 Å². The fourth-order valence-electron chi connectivity index (χ4n) is 4.59. The molecule has 0 unspecified atom stereocenters. The third kappa shape index (κ3) is 2.29. The number of aryl methyl sites for hydroxylation is 1. The molecule has 2 aromatic carbocycles. The van der Waals surface area contributed by atoms with Gasteiger partial charge in [-0.1, -0.05) is 54.1 Å². The highest BCUT2D eigenvalue weighted by atomic mass is 16.2. The lowest BCUT2D eigenvalue weighted by molar-refractivity contribution is 0.0953. The summed E-state index contributed by atoms with van der Waals surface area (Å²) in [5, 5.41) is 0. The number of aliphatic imine (C=N–C) groups is 1. The number of fused-ring (bicyclic) bond motifs is 4. The van der Waals surface area contributed by atoms with Crippen LogP contribution >= 0.6 is 0 Å². The van der Waals surface area contributed by atoms with Crippen LogP contribution < -0.4 is 11.2 Å². The van der Waals surface area contributed by atoms with Crippen LogP contribution in [0, 0.1) is 12.8 Å². The number of aromatic nitrogens is 2. The fourth-order valence-corrected chi connectivity index (χ4v) is 4.59. The van der Waals surface area contributed by atoms with E-state index in [4.69, 9.17) is 4.99 Å². The normalized spacial score (nSPS) is 19.4. The Hall–Kier alpha value is -3.54. The predicted molar refractivity (Wildman–Crippen MR) is 110 cm³/mol. The van der Waals surface area contributed by atoms with Gasteiger partial charge < -0.3 is 0 Å². The first-order valence-electron chi connectivity index (χ1n) is 9.49. The molecule has 0 saturated carbocycles. The average Bonchev–Trinajstić information content (AvgIpc) is 3.01. The Morgan fingerprint density at radius 1 is 0.862 bits per heavy atom. The molecule has 2 heterocycles. The average molecular weight is 385 g/mol. The van der Waals surface area contributed by atoms with E-state index in [1.54, 1.807) is 13.1 Å². The van der Waals surface area contributed by atoms with E-state index < -0.39 is 23.1 Å². The van der Waals surface area contributed by atoms with Crippen molar-refractivity contribution in [1.29, 1.82) is 0 Å². The minimum Gasteiger partial charge on any atom is -0.293 e. The summed E-state index contributed by atoms with van der Waals surface area (Å²) in [6.07, 6.45) is 0. The molecule has 5 rings (SSSR count). The van der Waals surface area contributed by atoms with Gasteiger partial charge >= 0.3 is 5.69 Å². The standard InChI is InChI=1S/C23H19N3O3/c1-12-7-6-8-13(11-12)16-17-19(14-9-4-5-10-15(14)20(17)27)24-21-18(16)22(28)26(3)23(29)25(21)2/h4-11,16-17H,1-3H3/t16-,17-/m0/s1. The minimum absolute atomic E-state index is 0.0348. The molecule has 1 aliphatic carbocycles. The van der Waals surface area contributed by atoms with Gasteiger partial charge in [0, 0.05) is 31.1 Å². The van der Waals surface area contributed by atoms with Crippen molar-refractivity contribution in [3.63, 3.8) is 0 Å². The number of ketones is 1. The molecule has 6 nitrogen and oxygen atoms in total. The SMILES string of the molecule is Cc1cccc([C@@H]2c3c(n(C)c(=O)n(C)c3=O)N=C3c4ccccc4C(=O)[C@H]32)c1. The molecule has 0 amide bonds. The molecule has 6 heteroatoms. The van der Waals surface area contributed by atoms with Crippen LogP contribution in [-0.2, 0) is 14.1 Å². The van der Waals surface area contributed by atoms with Crippen molar-refractivity contribution in [1.82, 2.24) is 9.13 Å². The molecule has 29 heavy (non-hydrogen) atoms. The zero-order valence-electron chi connectivity index (χ0n) is 16.3. The molecular weight excluding hydrogens is 366 g/mol. The number of hydrogen-bond acceptors (Lipinski definition) is 4. The maximum absolute atomic E-state index is 13.4. The Bertz CT molecular complexity index is 1360. The quantitative estimate of drug-likeness (QED) is 0.646. The summed E-state index contributed by atoms with van der Waals surface area (Å²) in [6, 6.07) is 15.2. The minimum atomic E-state index is -0.577. The Morgan fingerprint density at radius 3 is 2.31 bits per heavy atom. The summed E-state index contributed by atoms with van der Waals surface area (Å²) in [7, 11) is 3.07. The van der Waals surface area contributed by atoms with Crippen LogP contribution in [-0.4, -0.2) is 20.6 Å². The van der Waals surface area contributed by atoms with Crippen LogP contribution in [0.1, 0.15) is 38.5 Å². The molecule has 2 aliphatic rings. The zero-order chi connectivity index (χ0) is 20.4.